The molecule has 0 aliphatic rings. The molecule has 0 aromatic carbocycles. The third-order valence-corrected chi connectivity index (χ3v) is 13.4. The summed E-state index contributed by atoms with van der Waals surface area (Å²) in [5.41, 5.74) is 0. The molecule has 3 unspecified atom stereocenters. The molecule has 0 saturated heterocycles. The third kappa shape index (κ3) is 53.5. The van der Waals surface area contributed by atoms with Gasteiger partial charge in [-0.15, -0.1) is 0 Å². The summed E-state index contributed by atoms with van der Waals surface area (Å²) in [6.45, 7) is 6.57. The largest absolute Gasteiger partial charge is 0.756 e. The number of allylic oxidation sites excluding steroid dienone is 17. The summed E-state index contributed by atoms with van der Waals surface area (Å²) in [5, 5.41) is 3.00. The number of carbonyl (C=O) groups is 2. The molecule has 0 heterocycles. The van der Waals surface area contributed by atoms with Crippen LogP contribution in [0.5, 0.6) is 0 Å². The molecule has 0 saturated carbocycles. The molecule has 0 rings (SSSR count). The number of phosphoric ester groups is 1. The number of amides is 1. The fourth-order valence-electron chi connectivity index (χ4n) is 7.91. The van der Waals surface area contributed by atoms with Crippen LogP contribution in [-0.2, 0) is 27.9 Å². The number of nitrogens with zero attached hydrogens (tertiary/aromatic N) is 1. The van der Waals surface area contributed by atoms with Gasteiger partial charge in [0.05, 0.1) is 33.8 Å². The zero-order valence-corrected chi connectivity index (χ0v) is 49.1. The molecule has 0 aromatic heterocycles. The molecule has 3 atom stereocenters. The molecule has 9 nitrogen and oxygen atoms in total. The van der Waals surface area contributed by atoms with E-state index in [1.807, 2.05) is 33.3 Å². The van der Waals surface area contributed by atoms with Gasteiger partial charge in [-0.25, -0.2) is 0 Å². The fraction of sp³-hybridized carbons (Fsp3) is 0.688. The maximum atomic E-state index is 13.5. The fourth-order valence-corrected chi connectivity index (χ4v) is 8.64. The number of carbonyl (C=O) groups excluding carboxylic acids is 2. The molecule has 1 amide bonds. The highest BCUT2D eigenvalue weighted by Crippen LogP contribution is 2.38. The summed E-state index contributed by atoms with van der Waals surface area (Å²) >= 11 is 0. The molecule has 1 N–H and O–H groups in total. The zero-order chi connectivity index (χ0) is 54.3. The molecule has 0 spiro atoms. The van der Waals surface area contributed by atoms with E-state index in [1.165, 1.54) is 57.8 Å². The smallest absolute Gasteiger partial charge is 0.306 e. The number of hydrogen-bond donors (Lipinski definition) is 1. The first-order valence-corrected chi connectivity index (χ1v) is 31.2. The van der Waals surface area contributed by atoms with E-state index in [0.29, 0.717) is 23.9 Å². The summed E-state index contributed by atoms with van der Waals surface area (Å²) < 4.78 is 30.2. The second-order valence-corrected chi connectivity index (χ2v) is 22.1. The molecule has 0 radical (unpaired) electrons. The van der Waals surface area contributed by atoms with Gasteiger partial charge in [-0.1, -0.05) is 220 Å². The lowest BCUT2D eigenvalue weighted by Gasteiger charge is -2.30. The van der Waals surface area contributed by atoms with Crippen LogP contribution in [-0.4, -0.2) is 69.4 Å². The lowest BCUT2D eigenvalue weighted by atomic mass is 10.0. The van der Waals surface area contributed by atoms with Crippen LogP contribution >= 0.6 is 7.82 Å². The van der Waals surface area contributed by atoms with Crippen molar-refractivity contribution >= 4 is 19.7 Å². The van der Waals surface area contributed by atoms with Gasteiger partial charge in [0.25, 0.3) is 7.82 Å². The molecule has 10 heteroatoms. The van der Waals surface area contributed by atoms with Crippen molar-refractivity contribution < 1.29 is 37.3 Å². The Hall–Kier alpha value is -3.33. The number of unbranched alkanes of at least 4 members (excludes halogenated alkanes) is 20. The van der Waals surface area contributed by atoms with Crippen molar-refractivity contribution in [2.45, 2.75) is 245 Å². The minimum atomic E-state index is -4.71. The van der Waals surface area contributed by atoms with Gasteiger partial charge in [0.2, 0.25) is 5.91 Å². The van der Waals surface area contributed by atoms with E-state index in [-0.39, 0.29) is 31.3 Å². The molecule has 0 bridgehead atoms. The number of esters is 1. The van der Waals surface area contributed by atoms with Crippen LogP contribution in [0, 0.1) is 0 Å². The van der Waals surface area contributed by atoms with E-state index in [9.17, 15) is 19.0 Å². The van der Waals surface area contributed by atoms with Gasteiger partial charge in [0, 0.05) is 12.8 Å². The number of nitrogens with one attached hydrogen (secondary N) is 1. The summed E-state index contributed by atoms with van der Waals surface area (Å²) in [5.74, 6) is -0.596. The number of quaternary nitrogens is 1. The molecule has 424 valence electrons. The summed E-state index contributed by atoms with van der Waals surface area (Å²) in [6, 6.07) is -0.915. The Kier molecular flexibility index (Phi) is 50.7. The first-order chi connectivity index (χ1) is 35.9. The van der Waals surface area contributed by atoms with Gasteiger partial charge >= 0.3 is 5.97 Å². The van der Waals surface area contributed by atoms with Crippen molar-refractivity contribution in [2.24, 2.45) is 0 Å². The second-order valence-electron chi connectivity index (χ2n) is 20.7. The van der Waals surface area contributed by atoms with Gasteiger partial charge in [0.1, 0.15) is 19.3 Å². The van der Waals surface area contributed by atoms with E-state index >= 15 is 0 Å². The van der Waals surface area contributed by atoms with Crippen LogP contribution in [0.1, 0.15) is 233 Å². The monoisotopic (exact) mass is 1050 g/mol. The Balaban J connectivity index is 5.38. The van der Waals surface area contributed by atoms with Crippen LogP contribution < -0.4 is 10.2 Å². The Morgan fingerprint density at radius 3 is 1.30 bits per heavy atom. The minimum absolute atomic E-state index is 0.0360. The predicted molar refractivity (Wildman–Crippen MR) is 316 cm³/mol. The average molecular weight is 1050 g/mol. The first kappa shape index (κ1) is 70.7. The Bertz CT molecular complexity index is 1640. The highest BCUT2D eigenvalue weighted by molar-refractivity contribution is 7.45. The van der Waals surface area contributed by atoms with Gasteiger partial charge in [-0.2, -0.15) is 0 Å². The van der Waals surface area contributed by atoms with Crippen LogP contribution in [0.25, 0.3) is 0 Å². The average Bonchev–Trinajstić information content (AvgIpc) is 3.36. The quantitative estimate of drug-likeness (QED) is 0.0212. The minimum Gasteiger partial charge on any atom is -0.756 e. The van der Waals surface area contributed by atoms with Crippen molar-refractivity contribution in [3.05, 3.63) is 109 Å². The first-order valence-electron chi connectivity index (χ1n) is 29.7. The van der Waals surface area contributed by atoms with Crippen molar-refractivity contribution in [1.82, 2.24) is 5.32 Å². The Morgan fingerprint density at radius 2 is 0.865 bits per heavy atom. The van der Waals surface area contributed by atoms with Crippen molar-refractivity contribution in [3.8, 4) is 0 Å². The molecule has 0 fully saturated rings. The van der Waals surface area contributed by atoms with Gasteiger partial charge < -0.3 is 28.5 Å². The number of phosphoric acid groups is 1. The summed E-state index contributed by atoms with van der Waals surface area (Å²) in [4.78, 5) is 39.9. The standard InChI is InChI=1S/C64H111N2O7P/c1-7-10-13-16-19-22-25-28-30-31-32-33-34-35-36-39-42-45-48-51-54-57-64(68)73-62(55-52-49-46-43-40-37-27-24-21-18-15-12-9-3)61(60-72-74(69,70)71-59-58-66(4,5)6)65-63(67)56-53-50-47-44-41-38-29-26-23-20-17-14-11-8-2/h10-11,13-14,19-20,22-23,28-30,32-33,35-36,38,52,55,61-62H,7-9,12,15-18,21,24-27,31,34,37,39-51,53-54,56-60H2,1-6H3,(H-,65,67,69,70)/b13-10-,14-11+,22-19-,23-20+,30-28-,33-32-,36-35-,38-29+,55-52-. The Labute approximate surface area is 455 Å². The van der Waals surface area contributed by atoms with Crippen LogP contribution in [0.2, 0.25) is 0 Å². The number of hydrogen-bond acceptors (Lipinski definition) is 7. The highest BCUT2D eigenvalue weighted by atomic mass is 31.2. The van der Waals surface area contributed by atoms with Crippen LogP contribution in [0.3, 0.4) is 0 Å². The zero-order valence-electron chi connectivity index (χ0n) is 48.3. The maximum absolute atomic E-state index is 13.5. The van der Waals surface area contributed by atoms with E-state index in [4.69, 9.17) is 13.8 Å². The van der Waals surface area contributed by atoms with E-state index < -0.39 is 26.6 Å². The van der Waals surface area contributed by atoms with Crippen molar-refractivity contribution in [2.75, 3.05) is 40.9 Å². The lowest BCUT2D eigenvalue weighted by Crippen LogP contribution is -2.47. The van der Waals surface area contributed by atoms with Crippen LogP contribution in [0.15, 0.2) is 109 Å². The van der Waals surface area contributed by atoms with Crippen molar-refractivity contribution in [3.63, 3.8) is 0 Å². The lowest BCUT2D eigenvalue weighted by molar-refractivity contribution is -0.870. The molecular formula is C64H111N2O7P. The summed E-state index contributed by atoms with van der Waals surface area (Å²) in [7, 11) is 1.14. The molecule has 0 aliphatic heterocycles. The topological polar surface area (TPSA) is 114 Å². The highest BCUT2D eigenvalue weighted by Gasteiger charge is 2.27. The SMILES string of the molecule is CC/C=C\C/C=C\C/C=C\C/C=C\C/C=C\CCCCCCCC(=O)OC(/C=C\CCCCCCCCCCCCC)C(COP(=O)([O-])OCC[N+](C)(C)C)NC(=O)CCCCCC/C=C/C/C=C/C/C=C/CC. The van der Waals surface area contributed by atoms with Crippen molar-refractivity contribution in [1.29, 1.82) is 0 Å². The second kappa shape index (κ2) is 53.1. The van der Waals surface area contributed by atoms with E-state index in [1.54, 1.807) is 0 Å². The van der Waals surface area contributed by atoms with E-state index in [0.717, 1.165) is 128 Å². The number of rotatable bonds is 52. The molecule has 0 aliphatic carbocycles. The summed E-state index contributed by atoms with van der Waals surface area (Å²) in [6.07, 6.45) is 71.9. The van der Waals surface area contributed by atoms with Gasteiger partial charge in [-0.05, 0) is 109 Å². The Morgan fingerprint density at radius 1 is 0.486 bits per heavy atom. The van der Waals surface area contributed by atoms with Crippen LogP contribution in [0.4, 0.5) is 0 Å². The number of likely N-dealkylation sites (N-methyl/N-ethyl adjacent to an activating group) is 1. The normalized spacial score (nSPS) is 14.5. The number of ether oxygens (including phenoxy) is 1. The maximum Gasteiger partial charge on any atom is 0.306 e. The van der Waals surface area contributed by atoms with Gasteiger partial charge in [0.15, 0.2) is 0 Å². The third-order valence-electron chi connectivity index (χ3n) is 12.4. The molecule has 74 heavy (non-hydrogen) atoms. The van der Waals surface area contributed by atoms with E-state index in [2.05, 4.69) is 123 Å². The van der Waals surface area contributed by atoms with Gasteiger partial charge in [-0.3, -0.25) is 14.2 Å². The predicted octanol–water partition coefficient (Wildman–Crippen LogP) is 17.5. The molecular weight excluding hydrogens is 940 g/mol. The molecule has 0 aromatic rings.